The molecule has 0 spiro atoms. The number of hydrogen-bond donors (Lipinski definition) is 1. The van der Waals surface area contributed by atoms with Crippen LogP contribution in [0.2, 0.25) is 0 Å². The lowest BCUT2D eigenvalue weighted by atomic mass is 9.79. The van der Waals surface area contributed by atoms with Crippen LogP contribution < -0.4 is 5.73 Å². The Kier molecular flexibility index (Phi) is 3.07. The van der Waals surface area contributed by atoms with Gasteiger partial charge in [0.1, 0.15) is 0 Å². The molecule has 0 amide bonds. The summed E-state index contributed by atoms with van der Waals surface area (Å²) >= 11 is 0. The second-order valence-corrected chi connectivity index (χ2v) is 5.56. The maximum Gasteiger partial charge on any atom is 0.0409 e. The van der Waals surface area contributed by atoms with Crippen molar-refractivity contribution in [3.63, 3.8) is 0 Å². The molecule has 88 valence electrons. The maximum absolute atomic E-state index is 6.56. The highest BCUT2D eigenvalue weighted by atomic mass is 14.7. The molecule has 1 heteroatoms. The summed E-state index contributed by atoms with van der Waals surface area (Å²) in [6.45, 7) is 6.53. The van der Waals surface area contributed by atoms with Gasteiger partial charge >= 0.3 is 0 Å². The van der Waals surface area contributed by atoms with Crippen molar-refractivity contribution in [3.8, 4) is 0 Å². The van der Waals surface area contributed by atoms with E-state index in [0.717, 1.165) is 0 Å². The van der Waals surface area contributed by atoms with Gasteiger partial charge in [0, 0.05) is 5.54 Å². The Hall–Kier alpha value is -0.820. The summed E-state index contributed by atoms with van der Waals surface area (Å²) in [4.78, 5) is 0. The molecule has 1 unspecified atom stereocenters. The van der Waals surface area contributed by atoms with E-state index in [9.17, 15) is 0 Å². The molecule has 1 nitrogen and oxygen atoms in total. The van der Waals surface area contributed by atoms with E-state index in [1.807, 2.05) is 0 Å². The molecule has 0 aromatic heterocycles. The molecule has 0 radical (unpaired) electrons. The van der Waals surface area contributed by atoms with Crippen molar-refractivity contribution in [3.05, 3.63) is 34.9 Å². The molecule has 1 atom stereocenters. The molecule has 16 heavy (non-hydrogen) atoms. The van der Waals surface area contributed by atoms with Gasteiger partial charge < -0.3 is 5.73 Å². The van der Waals surface area contributed by atoms with Crippen LogP contribution in [0.4, 0.5) is 0 Å². The van der Waals surface area contributed by atoms with Crippen LogP contribution in [0, 0.1) is 19.8 Å². The molecule has 1 aromatic rings. The Labute approximate surface area is 99.0 Å². The Morgan fingerprint density at radius 2 is 1.75 bits per heavy atom. The number of nitrogens with two attached hydrogens (primary N) is 1. The van der Waals surface area contributed by atoms with Gasteiger partial charge in [0.2, 0.25) is 0 Å². The first-order chi connectivity index (χ1) is 7.51. The zero-order chi connectivity index (χ0) is 11.8. The molecule has 2 rings (SSSR count). The molecule has 1 aliphatic carbocycles. The molecule has 0 aliphatic heterocycles. The van der Waals surface area contributed by atoms with Gasteiger partial charge in [-0.2, -0.15) is 0 Å². The second kappa shape index (κ2) is 4.21. The van der Waals surface area contributed by atoms with Gasteiger partial charge in [-0.15, -0.1) is 0 Å². The van der Waals surface area contributed by atoms with Gasteiger partial charge in [0.25, 0.3) is 0 Å². The average Bonchev–Trinajstić information content (AvgIpc) is 2.75. The third-order valence-corrected chi connectivity index (χ3v) is 4.33. The van der Waals surface area contributed by atoms with Crippen molar-refractivity contribution < 1.29 is 0 Å². The van der Waals surface area contributed by atoms with Gasteiger partial charge in [0.05, 0.1) is 0 Å². The summed E-state index contributed by atoms with van der Waals surface area (Å²) in [5.41, 5.74) is 10.4. The third kappa shape index (κ3) is 2.01. The van der Waals surface area contributed by atoms with Crippen molar-refractivity contribution in [1.82, 2.24) is 0 Å². The van der Waals surface area contributed by atoms with Crippen LogP contribution in [-0.4, -0.2) is 0 Å². The van der Waals surface area contributed by atoms with Crippen molar-refractivity contribution in [2.45, 2.75) is 52.0 Å². The topological polar surface area (TPSA) is 26.0 Å². The van der Waals surface area contributed by atoms with E-state index in [0.29, 0.717) is 5.92 Å². The highest BCUT2D eigenvalue weighted by molar-refractivity contribution is 5.34. The van der Waals surface area contributed by atoms with Crippen LogP contribution in [0.15, 0.2) is 18.2 Å². The van der Waals surface area contributed by atoms with E-state index in [-0.39, 0.29) is 5.54 Å². The predicted octanol–water partition coefficient (Wildman–Crippen LogP) is 3.67. The Bertz CT molecular complexity index is 373. The predicted molar refractivity (Wildman–Crippen MR) is 69.4 cm³/mol. The molecule has 0 saturated heterocycles. The van der Waals surface area contributed by atoms with Crippen LogP contribution in [0.5, 0.6) is 0 Å². The molecule has 2 N–H and O–H groups in total. The van der Waals surface area contributed by atoms with Crippen molar-refractivity contribution in [2.24, 2.45) is 11.7 Å². The van der Waals surface area contributed by atoms with Crippen molar-refractivity contribution >= 4 is 0 Å². The lowest BCUT2D eigenvalue weighted by molar-refractivity contribution is 0.307. The van der Waals surface area contributed by atoms with E-state index in [1.165, 1.54) is 42.4 Å². The largest absolute Gasteiger partial charge is 0.321 e. The number of benzene rings is 1. The molecule has 0 bridgehead atoms. The lowest BCUT2D eigenvalue weighted by Gasteiger charge is -2.32. The van der Waals surface area contributed by atoms with E-state index in [1.54, 1.807) is 0 Å². The number of hydrogen-bond acceptors (Lipinski definition) is 1. The van der Waals surface area contributed by atoms with E-state index in [4.69, 9.17) is 5.73 Å². The minimum Gasteiger partial charge on any atom is -0.321 e. The molecule has 1 saturated carbocycles. The summed E-state index contributed by atoms with van der Waals surface area (Å²) in [6, 6.07) is 6.68. The van der Waals surface area contributed by atoms with Gasteiger partial charge in [-0.25, -0.2) is 0 Å². The van der Waals surface area contributed by atoms with Crippen LogP contribution in [-0.2, 0) is 5.54 Å². The summed E-state index contributed by atoms with van der Waals surface area (Å²) in [5, 5.41) is 0. The zero-order valence-electron chi connectivity index (χ0n) is 10.7. The van der Waals surface area contributed by atoms with Gasteiger partial charge in [-0.05, 0) is 56.2 Å². The highest BCUT2D eigenvalue weighted by Crippen LogP contribution is 2.38. The molecule has 1 aromatic carbocycles. The van der Waals surface area contributed by atoms with Crippen LogP contribution >= 0.6 is 0 Å². The first-order valence-corrected chi connectivity index (χ1v) is 6.38. The van der Waals surface area contributed by atoms with Crippen molar-refractivity contribution in [1.29, 1.82) is 0 Å². The van der Waals surface area contributed by atoms with E-state index < -0.39 is 0 Å². The molecular formula is C15H23N. The fourth-order valence-corrected chi connectivity index (χ4v) is 2.84. The standard InChI is InChI=1S/C15H23N/c1-11-8-9-14(10-12(11)2)15(3,16)13-6-4-5-7-13/h8-10,13H,4-7,16H2,1-3H3. The molecule has 1 aliphatic rings. The lowest BCUT2D eigenvalue weighted by Crippen LogP contribution is -2.40. The normalized spacial score (nSPS) is 21.0. The Morgan fingerprint density at radius 3 is 2.31 bits per heavy atom. The monoisotopic (exact) mass is 217 g/mol. The SMILES string of the molecule is Cc1ccc(C(C)(N)C2CCCC2)cc1C. The summed E-state index contributed by atoms with van der Waals surface area (Å²) < 4.78 is 0. The fraction of sp³-hybridized carbons (Fsp3) is 0.600. The second-order valence-electron chi connectivity index (χ2n) is 5.56. The van der Waals surface area contributed by atoms with Gasteiger partial charge in [-0.3, -0.25) is 0 Å². The van der Waals surface area contributed by atoms with E-state index >= 15 is 0 Å². The van der Waals surface area contributed by atoms with Crippen molar-refractivity contribution in [2.75, 3.05) is 0 Å². The van der Waals surface area contributed by atoms with E-state index in [2.05, 4.69) is 39.0 Å². The molecule has 0 heterocycles. The minimum absolute atomic E-state index is 0.144. The smallest absolute Gasteiger partial charge is 0.0409 e. The summed E-state index contributed by atoms with van der Waals surface area (Å²) in [7, 11) is 0. The summed E-state index contributed by atoms with van der Waals surface area (Å²) in [5.74, 6) is 0.662. The van der Waals surface area contributed by atoms with Crippen LogP contribution in [0.1, 0.15) is 49.3 Å². The Morgan fingerprint density at radius 1 is 1.12 bits per heavy atom. The number of rotatable bonds is 2. The number of aryl methyl sites for hydroxylation is 2. The van der Waals surface area contributed by atoms with Crippen LogP contribution in [0.3, 0.4) is 0 Å². The quantitative estimate of drug-likeness (QED) is 0.803. The van der Waals surface area contributed by atoms with Gasteiger partial charge in [-0.1, -0.05) is 31.0 Å². The van der Waals surface area contributed by atoms with Gasteiger partial charge in [0.15, 0.2) is 0 Å². The average molecular weight is 217 g/mol. The molecular weight excluding hydrogens is 194 g/mol. The highest BCUT2D eigenvalue weighted by Gasteiger charge is 2.33. The maximum atomic E-state index is 6.56. The molecule has 1 fully saturated rings. The first kappa shape index (κ1) is 11.7. The summed E-state index contributed by atoms with van der Waals surface area (Å²) in [6.07, 6.45) is 5.28. The first-order valence-electron chi connectivity index (χ1n) is 6.38. The van der Waals surface area contributed by atoms with Crippen LogP contribution in [0.25, 0.3) is 0 Å². The minimum atomic E-state index is -0.144. The fourth-order valence-electron chi connectivity index (χ4n) is 2.84. The zero-order valence-corrected chi connectivity index (χ0v) is 10.7. The Balaban J connectivity index is 2.30. The third-order valence-electron chi connectivity index (χ3n) is 4.33.